The van der Waals surface area contributed by atoms with Crippen molar-refractivity contribution in [3.05, 3.63) is 0 Å². The first-order valence-corrected chi connectivity index (χ1v) is 5.83. The standard InChI is InChI=1S/C7H16N2OS/c1-3-11(2,10)9-6-4-8-5-7-9/h8H,2-7H2,1H3. The van der Waals surface area contributed by atoms with E-state index in [0.29, 0.717) is 5.75 Å². The third-order valence-corrected chi connectivity index (χ3v) is 4.21. The van der Waals surface area contributed by atoms with Gasteiger partial charge >= 0.3 is 0 Å². The highest BCUT2D eigenvalue weighted by Gasteiger charge is 2.15. The van der Waals surface area contributed by atoms with Gasteiger partial charge in [-0.15, -0.1) is 0 Å². The van der Waals surface area contributed by atoms with E-state index in [4.69, 9.17) is 0 Å². The summed E-state index contributed by atoms with van der Waals surface area (Å²) < 4.78 is 13.7. The van der Waals surface area contributed by atoms with Gasteiger partial charge in [0.1, 0.15) is 0 Å². The molecular formula is C7H16N2OS. The average Bonchev–Trinajstić information content (AvgIpc) is 2.06. The van der Waals surface area contributed by atoms with Gasteiger partial charge in [0.05, 0.1) is 0 Å². The smallest absolute Gasteiger partial charge is 0.0272 e. The fraction of sp³-hybridized carbons (Fsp3) is 0.857. The molecule has 3 nitrogen and oxygen atoms in total. The van der Waals surface area contributed by atoms with E-state index < -0.39 is 9.71 Å². The fourth-order valence-electron chi connectivity index (χ4n) is 1.16. The largest absolute Gasteiger partial charge is 0.314 e. The Bertz CT molecular complexity index is 204. The van der Waals surface area contributed by atoms with E-state index in [1.807, 2.05) is 11.2 Å². The monoisotopic (exact) mass is 176 g/mol. The minimum atomic E-state index is -1.93. The van der Waals surface area contributed by atoms with Crippen molar-refractivity contribution in [1.82, 2.24) is 9.62 Å². The molecule has 0 spiro atoms. The molecular weight excluding hydrogens is 160 g/mol. The van der Waals surface area contributed by atoms with Crippen LogP contribution < -0.4 is 5.32 Å². The third kappa shape index (κ3) is 2.18. The SMILES string of the molecule is C=S(=O)(CC)N1CCNCC1. The van der Waals surface area contributed by atoms with Crippen LogP contribution in [0.25, 0.3) is 0 Å². The van der Waals surface area contributed by atoms with Crippen LogP contribution in [0.3, 0.4) is 0 Å². The van der Waals surface area contributed by atoms with E-state index in [1.165, 1.54) is 0 Å². The minimum Gasteiger partial charge on any atom is -0.314 e. The zero-order valence-electron chi connectivity index (χ0n) is 7.01. The lowest BCUT2D eigenvalue weighted by Gasteiger charge is -2.29. The summed E-state index contributed by atoms with van der Waals surface area (Å²) in [5, 5.41) is 3.22. The molecule has 1 aliphatic rings. The molecule has 0 bridgehead atoms. The van der Waals surface area contributed by atoms with Crippen molar-refractivity contribution in [2.75, 3.05) is 31.9 Å². The Labute approximate surface area is 68.9 Å². The molecule has 4 heteroatoms. The number of piperazine rings is 1. The molecule has 0 aliphatic carbocycles. The maximum atomic E-state index is 11.7. The van der Waals surface area contributed by atoms with Crippen molar-refractivity contribution in [2.45, 2.75) is 6.92 Å². The van der Waals surface area contributed by atoms with E-state index in [-0.39, 0.29) is 0 Å². The Morgan fingerprint density at radius 3 is 2.55 bits per heavy atom. The lowest BCUT2D eigenvalue weighted by Crippen LogP contribution is -2.46. The van der Waals surface area contributed by atoms with Gasteiger partial charge in [-0.3, -0.25) is 4.21 Å². The highest BCUT2D eigenvalue weighted by atomic mass is 32.2. The molecule has 1 rings (SSSR count). The van der Waals surface area contributed by atoms with Crippen LogP contribution in [0.15, 0.2) is 0 Å². The second-order valence-corrected chi connectivity index (χ2v) is 5.38. The van der Waals surface area contributed by atoms with Gasteiger partial charge in [-0.05, 0) is 5.87 Å². The number of nitrogens with zero attached hydrogens (tertiary/aromatic N) is 1. The van der Waals surface area contributed by atoms with Crippen LogP contribution in [0.5, 0.6) is 0 Å². The molecule has 0 amide bonds. The van der Waals surface area contributed by atoms with Gasteiger partial charge in [0.25, 0.3) is 0 Å². The van der Waals surface area contributed by atoms with E-state index in [0.717, 1.165) is 26.2 Å². The molecule has 0 saturated carbocycles. The molecule has 66 valence electrons. The van der Waals surface area contributed by atoms with Crippen LogP contribution in [0.1, 0.15) is 6.92 Å². The summed E-state index contributed by atoms with van der Waals surface area (Å²) in [5.41, 5.74) is 0. The summed E-state index contributed by atoms with van der Waals surface area (Å²) in [6.45, 7) is 5.54. The second kappa shape index (κ2) is 3.56. The van der Waals surface area contributed by atoms with Gasteiger partial charge in [0.2, 0.25) is 0 Å². The summed E-state index contributed by atoms with van der Waals surface area (Å²) in [7, 11) is -1.93. The van der Waals surface area contributed by atoms with E-state index in [2.05, 4.69) is 11.2 Å². The Kier molecular flexibility index (Phi) is 2.92. The summed E-state index contributed by atoms with van der Waals surface area (Å²) >= 11 is 0. The molecule has 1 unspecified atom stereocenters. The normalized spacial score (nSPS) is 26.3. The van der Waals surface area contributed by atoms with Crippen LogP contribution in [0.4, 0.5) is 0 Å². The summed E-state index contributed by atoms with van der Waals surface area (Å²) in [5.74, 6) is 4.40. The predicted octanol–water partition coefficient (Wildman–Crippen LogP) is -0.457. The maximum Gasteiger partial charge on any atom is 0.0272 e. The second-order valence-electron chi connectivity index (χ2n) is 2.74. The first-order chi connectivity index (χ1) is 5.17. The number of hydrogen-bond acceptors (Lipinski definition) is 2. The van der Waals surface area contributed by atoms with Crippen molar-refractivity contribution < 1.29 is 4.21 Å². The average molecular weight is 176 g/mol. The van der Waals surface area contributed by atoms with Crippen molar-refractivity contribution >= 4 is 15.6 Å². The molecule has 0 aromatic heterocycles. The molecule has 1 saturated heterocycles. The van der Waals surface area contributed by atoms with E-state index in [9.17, 15) is 4.21 Å². The van der Waals surface area contributed by atoms with Crippen LogP contribution in [0.2, 0.25) is 0 Å². The highest BCUT2D eigenvalue weighted by Crippen LogP contribution is 2.01. The van der Waals surface area contributed by atoms with E-state index in [1.54, 1.807) is 0 Å². The quantitative estimate of drug-likeness (QED) is 0.578. The Morgan fingerprint density at radius 1 is 1.55 bits per heavy atom. The zero-order chi connectivity index (χ0) is 8.32. The Morgan fingerprint density at radius 2 is 2.09 bits per heavy atom. The lowest BCUT2D eigenvalue weighted by molar-refractivity contribution is 0.379. The van der Waals surface area contributed by atoms with Gasteiger partial charge in [-0.2, -0.15) is 0 Å². The van der Waals surface area contributed by atoms with Crippen LogP contribution in [-0.4, -0.2) is 46.3 Å². The van der Waals surface area contributed by atoms with Gasteiger partial charge in [-0.25, -0.2) is 4.31 Å². The van der Waals surface area contributed by atoms with Crippen molar-refractivity contribution in [1.29, 1.82) is 0 Å². The fourth-order valence-corrected chi connectivity index (χ4v) is 2.37. The van der Waals surface area contributed by atoms with Gasteiger partial charge in [-0.1, -0.05) is 6.92 Å². The molecule has 1 atom stereocenters. The van der Waals surface area contributed by atoms with Crippen molar-refractivity contribution in [3.63, 3.8) is 0 Å². The highest BCUT2D eigenvalue weighted by molar-refractivity contribution is 7.98. The van der Waals surface area contributed by atoms with Crippen molar-refractivity contribution in [2.24, 2.45) is 0 Å². The predicted molar refractivity (Wildman–Crippen MR) is 50.2 cm³/mol. The van der Waals surface area contributed by atoms with Crippen LogP contribution in [0, 0.1) is 0 Å². The molecule has 11 heavy (non-hydrogen) atoms. The van der Waals surface area contributed by atoms with Crippen molar-refractivity contribution in [3.8, 4) is 0 Å². The van der Waals surface area contributed by atoms with Gasteiger partial charge < -0.3 is 5.32 Å². The maximum absolute atomic E-state index is 11.7. The molecule has 0 aromatic rings. The third-order valence-electron chi connectivity index (χ3n) is 2.00. The van der Waals surface area contributed by atoms with Crippen LogP contribution in [-0.2, 0) is 9.71 Å². The molecule has 1 aliphatic heterocycles. The number of hydrogen-bond donors (Lipinski definition) is 1. The van der Waals surface area contributed by atoms with Gasteiger partial charge in [0, 0.05) is 41.6 Å². The number of nitrogens with one attached hydrogen (secondary N) is 1. The van der Waals surface area contributed by atoms with Crippen LogP contribution >= 0.6 is 0 Å². The zero-order valence-corrected chi connectivity index (χ0v) is 7.82. The molecule has 0 aromatic carbocycles. The Balaban J connectivity index is 2.58. The molecule has 1 heterocycles. The first kappa shape index (κ1) is 9.03. The summed E-state index contributed by atoms with van der Waals surface area (Å²) in [6.07, 6.45) is 0. The summed E-state index contributed by atoms with van der Waals surface area (Å²) in [4.78, 5) is 0. The minimum absolute atomic E-state index is 0.660. The first-order valence-electron chi connectivity index (χ1n) is 3.97. The van der Waals surface area contributed by atoms with E-state index >= 15 is 0 Å². The lowest BCUT2D eigenvalue weighted by atomic mass is 10.4. The van der Waals surface area contributed by atoms with Gasteiger partial charge in [0.15, 0.2) is 0 Å². The molecule has 1 N–H and O–H groups in total. The Hall–Kier alpha value is -0.0600. The molecule has 0 radical (unpaired) electrons. The molecule has 1 fully saturated rings. The number of rotatable bonds is 2. The summed E-state index contributed by atoms with van der Waals surface area (Å²) in [6, 6.07) is 0. The topological polar surface area (TPSA) is 32.3 Å².